The van der Waals surface area contributed by atoms with Crippen LogP contribution in [0.2, 0.25) is 0 Å². The van der Waals surface area contributed by atoms with E-state index in [-0.39, 0.29) is 6.42 Å². The molecule has 2 aromatic rings. The van der Waals surface area contributed by atoms with Gasteiger partial charge in [0.1, 0.15) is 18.8 Å². The maximum absolute atomic E-state index is 11.4. The molecule has 3 rings (SSSR count). The molecule has 0 radical (unpaired) electrons. The molecule has 23 heavy (non-hydrogen) atoms. The summed E-state index contributed by atoms with van der Waals surface area (Å²) in [5.41, 5.74) is 1.64. The summed E-state index contributed by atoms with van der Waals surface area (Å²) in [5, 5.41) is 0. The number of rotatable bonds is 4. The van der Waals surface area contributed by atoms with Gasteiger partial charge in [-0.2, -0.15) is 0 Å². The van der Waals surface area contributed by atoms with E-state index < -0.39 is 17.7 Å². The number of hydrogen-bond acceptors (Lipinski definition) is 5. The van der Waals surface area contributed by atoms with E-state index in [1.165, 1.54) is 0 Å². The van der Waals surface area contributed by atoms with Crippen LogP contribution in [0.15, 0.2) is 54.6 Å². The Bertz CT molecular complexity index is 690. The number of benzene rings is 2. The molecule has 0 amide bonds. The lowest BCUT2D eigenvalue weighted by Crippen LogP contribution is -2.40. The predicted octanol–water partition coefficient (Wildman–Crippen LogP) is 2.93. The number of carbonyl (C=O) groups is 2. The van der Waals surface area contributed by atoms with Crippen LogP contribution in [0.1, 0.15) is 24.5 Å². The number of hydrogen-bond donors (Lipinski definition) is 0. The zero-order chi connectivity index (χ0) is 16.3. The summed E-state index contributed by atoms with van der Waals surface area (Å²) in [7, 11) is 0. The monoisotopic (exact) mass is 312 g/mol. The van der Waals surface area contributed by atoms with Crippen molar-refractivity contribution in [3.8, 4) is 5.75 Å². The first-order valence-electron chi connectivity index (χ1n) is 7.26. The fourth-order valence-electron chi connectivity index (χ4n) is 2.36. The summed E-state index contributed by atoms with van der Waals surface area (Å²) in [5.74, 6) is -1.89. The van der Waals surface area contributed by atoms with E-state index in [9.17, 15) is 9.59 Å². The number of carbonyl (C=O) groups excluding carboxylic acids is 2. The Labute approximate surface area is 133 Å². The summed E-state index contributed by atoms with van der Waals surface area (Å²) in [6, 6.07) is 16.7. The first-order chi connectivity index (χ1) is 11.0. The Morgan fingerprint density at radius 2 is 1.57 bits per heavy atom. The van der Waals surface area contributed by atoms with E-state index >= 15 is 0 Å². The summed E-state index contributed by atoms with van der Waals surface area (Å²) in [6.07, 6.45) is -0.353. The molecule has 2 aromatic carbocycles. The highest BCUT2D eigenvalue weighted by molar-refractivity contribution is 5.93. The smallest absolute Gasteiger partial charge is 0.320 e. The number of ether oxygens (including phenoxy) is 3. The minimum Gasteiger partial charge on any atom is -0.489 e. The Morgan fingerprint density at radius 3 is 2.17 bits per heavy atom. The molecule has 1 fully saturated rings. The van der Waals surface area contributed by atoms with E-state index in [1.807, 2.05) is 30.3 Å². The molecule has 1 aliphatic heterocycles. The van der Waals surface area contributed by atoms with Crippen molar-refractivity contribution >= 4 is 11.9 Å². The summed E-state index contributed by atoms with van der Waals surface area (Å²) >= 11 is 0. The van der Waals surface area contributed by atoms with Gasteiger partial charge in [-0.25, -0.2) is 0 Å². The second-order valence-electron chi connectivity index (χ2n) is 5.37. The molecule has 118 valence electrons. The minimum absolute atomic E-state index is 0.353. The van der Waals surface area contributed by atoms with Crippen molar-refractivity contribution in [3.05, 3.63) is 65.7 Å². The number of cyclic esters (lactones) is 2. The lowest BCUT2D eigenvalue weighted by Gasteiger charge is -2.32. The molecule has 0 saturated carbocycles. The van der Waals surface area contributed by atoms with Crippen LogP contribution in [-0.4, -0.2) is 11.9 Å². The first kappa shape index (κ1) is 15.1. The lowest BCUT2D eigenvalue weighted by atomic mass is 10.1. The SMILES string of the molecule is CC1(c2ccc(OCc3ccccc3)cc2)OC(=O)CC(=O)O1. The van der Waals surface area contributed by atoms with Crippen LogP contribution < -0.4 is 4.74 Å². The van der Waals surface area contributed by atoms with Crippen molar-refractivity contribution in [1.29, 1.82) is 0 Å². The lowest BCUT2D eigenvalue weighted by molar-refractivity contribution is -0.242. The minimum atomic E-state index is -1.38. The van der Waals surface area contributed by atoms with Crippen molar-refractivity contribution in [2.75, 3.05) is 0 Å². The van der Waals surface area contributed by atoms with Gasteiger partial charge in [-0.1, -0.05) is 30.3 Å². The Balaban J connectivity index is 1.69. The van der Waals surface area contributed by atoms with Gasteiger partial charge in [0.25, 0.3) is 5.79 Å². The van der Waals surface area contributed by atoms with Crippen LogP contribution in [-0.2, 0) is 31.5 Å². The normalized spacial score (nSPS) is 16.4. The molecule has 1 aliphatic rings. The van der Waals surface area contributed by atoms with Gasteiger partial charge in [0.2, 0.25) is 0 Å². The zero-order valence-corrected chi connectivity index (χ0v) is 12.7. The van der Waals surface area contributed by atoms with Crippen LogP contribution in [0.4, 0.5) is 0 Å². The van der Waals surface area contributed by atoms with Crippen molar-refractivity contribution in [2.24, 2.45) is 0 Å². The molecular formula is C18H16O5. The highest BCUT2D eigenvalue weighted by atomic mass is 16.7. The zero-order valence-electron chi connectivity index (χ0n) is 12.7. The molecule has 0 aromatic heterocycles. The molecule has 5 nitrogen and oxygen atoms in total. The van der Waals surface area contributed by atoms with Crippen molar-refractivity contribution in [1.82, 2.24) is 0 Å². The maximum Gasteiger partial charge on any atom is 0.320 e. The van der Waals surface area contributed by atoms with Crippen LogP contribution in [0, 0.1) is 0 Å². The fraction of sp³-hybridized carbons (Fsp3) is 0.222. The molecule has 0 aliphatic carbocycles. The molecule has 5 heteroatoms. The summed E-state index contributed by atoms with van der Waals surface area (Å²) in [4.78, 5) is 22.9. The van der Waals surface area contributed by atoms with Gasteiger partial charge in [-0.15, -0.1) is 0 Å². The van der Waals surface area contributed by atoms with Crippen LogP contribution >= 0.6 is 0 Å². The second-order valence-corrected chi connectivity index (χ2v) is 5.37. The third-order valence-corrected chi connectivity index (χ3v) is 3.53. The average molecular weight is 312 g/mol. The third kappa shape index (κ3) is 3.51. The van der Waals surface area contributed by atoms with Gasteiger partial charge in [0.05, 0.1) is 0 Å². The van der Waals surface area contributed by atoms with Crippen LogP contribution in [0.5, 0.6) is 5.75 Å². The molecular weight excluding hydrogens is 296 g/mol. The molecule has 1 saturated heterocycles. The quantitative estimate of drug-likeness (QED) is 0.641. The van der Waals surface area contributed by atoms with E-state index in [4.69, 9.17) is 14.2 Å². The largest absolute Gasteiger partial charge is 0.489 e. The topological polar surface area (TPSA) is 61.8 Å². The highest BCUT2D eigenvalue weighted by Gasteiger charge is 2.40. The second kappa shape index (κ2) is 6.12. The van der Waals surface area contributed by atoms with E-state index in [0.29, 0.717) is 17.9 Å². The summed E-state index contributed by atoms with van der Waals surface area (Å²) in [6.45, 7) is 2.00. The van der Waals surface area contributed by atoms with Gasteiger partial charge in [-0.3, -0.25) is 9.59 Å². The molecule has 0 atom stereocenters. The van der Waals surface area contributed by atoms with Gasteiger partial charge in [-0.05, 0) is 29.8 Å². The Hall–Kier alpha value is -2.82. The van der Waals surface area contributed by atoms with Gasteiger partial charge in [0, 0.05) is 12.5 Å². The Kier molecular flexibility index (Phi) is 4.02. The molecule has 0 N–H and O–H groups in total. The first-order valence-corrected chi connectivity index (χ1v) is 7.26. The molecule has 0 bridgehead atoms. The van der Waals surface area contributed by atoms with E-state index in [0.717, 1.165) is 5.56 Å². The molecule has 0 spiro atoms. The Morgan fingerprint density at radius 1 is 0.957 bits per heavy atom. The fourth-order valence-corrected chi connectivity index (χ4v) is 2.36. The maximum atomic E-state index is 11.4. The van der Waals surface area contributed by atoms with E-state index in [2.05, 4.69) is 0 Å². The average Bonchev–Trinajstić information content (AvgIpc) is 2.53. The highest BCUT2D eigenvalue weighted by Crippen LogP contribution is 2.32. The van der Waals surface area contributed by atoms with Crippen molar-refractivity contribution in [2.45, 2.75) is 25.7 Å². The third-order valence-electron chi connectivity index (χ3n) is 3.53. The van der Waals surface area contributed by atoms with Gasteiger partial charge < -0.3 is 14.2 Å². The standard InChI is InChI=1S/C18H16O5/c1-18(22-16(19)11-17(20)23-18)14-7-9-15(10-8-14)21-12-13-5-3-2-4-6-13/h2-10H,11-12H2,1H3. The van der Waals surface area contributed by atoms with E-state index in [1.54, 1.807) is 31.2 Å². The number of esters is 2. The predicted molar refractivity (Wildman–Crippen MR) is 81.4 cm³/mol. The van der Waals surface area contributed by atoms with Crippen molar-refractivity contribution in [3.63, 3.8) is 0 Å². The summed E-state index contributed by atoms with van der Waals surface area (Å²) < 4.78 is 16.0. The van der Waals surface area contributed by atoms with Gasteiger partial charge in [0.15, 0.2) is 0 Å². The van der Waals surface area contributed by atoms with Crippen LogP contribution in [0.25, 0.3) is 0 Å². The molecule has 1 heterocycles. The molecule has 0 unspecified atom stereocenters. The van der Waals surface area contributed by atoms with Crippen LogP contribution in [0.3, 0.4) is 0 Å². The van der Waals surface area contributed by atoms with Crippen molar-refractivity contribution < 1.29 is 23.8 Å². The van der Waals surface area contributed by atoms with Gasteiger partial charge >= 0.3 is 11.9 Å².